The number of allylic oxidation sites excluding steroid dienone is 2. The van der Waals surface area contributed by atoms with Gasteiger partial charge < -0.3 is 10.8 Å². The van der Waals surface area contributed by atoms with E-state index in [-0.39, 0.29) is 23.8 Å². The van der Waals surface area contributed by atoms with Crippen LogP contribution >= 0.6 is 0 Å². The quantitative estimate of drug-likeness (QED) is 0.808. The van der Waals surface area contributed by atoms with Crippen LogP contribution in [0.25, 0.3) is 0 Å². The lowest BCUT2D eigenvalue weighted by molar-refractivity contribution is 0.207. The van der Waals surface area contributed by atoms with Crippen molar-refractivity contribution in [2.45, 2.75) is 26.2 Å². The summed E-state index contributed by atoms with van der Waals surface area (Å²) in [6.45, 7) is 6.40. The summed E-state index contributed by atoms with van der Waals surface area (Å²) in [6.07, 6.45) is 6.39. The van der Waals surface area contributed by atoms with Crippen molar-refractivity contribution < 1.29 is 5.11 Å². The first-order valence-corrected chi connectivity index (χ1v) is 9.70. The minimum Gasteiger partial charge on any atom is -0.399 e. The van der Waals surface area contributed by atoms with E-state index < -0.39 is 11.3 Å². The molecule has 150 valence electrons. The number of aliphatic hydroxyl groups excluding tert-OH is 1. The molecule has 1 aromatic heterocycles. The van der Waals surface area contributed by atoms with Gasteiger partial charge in [-0.05, 0) is 37.1 Å². The van der Waals surface area contributed by atoms with Crippen LogP contribution in [-0.4, -0.2) is 41.2 Å². The fourth-order valence-corrected chi connectivity index (χ4v) is 4.17. The lowest BCUT2D eigenvalue weighted by Gasteiger charge is -2.45. The van der Waals surface area contributed by atoms with Crippen LogP contribution in [0.2, 0.25) is 0 Å². The average molecular weight is 390 g/mol. The molecule has 2 heterocycles. The molecule has 2 aliphatic rings. The number of pyridine rings is 1. The Balaban J connectivity index is 0.000000941. The molecule has 0 fully saturated rings. The second-order valence-corrected chi connectivity index (χ2v) is 7.04. The molecule has 1 aromatic rings. The van der Waals surface area contributed by atoms with E-state index in [1.807, 2.05) is 12.1 Å². The molecule has 0 bridgehead atoms. The highest BCUT2D eigenvalue weighted by Gasteiger charge is 2.54. The van der Waals surface area contributed by atoms with Crippen LogP contribution in [0, 0.1) is 45.3 Å². The zero-order valence-electron chi connectivity index (χ0n) is 16.8. The Labute approximate surface area is 172 Å². The molecule has 0 saturated carbocycles. The van der Waals surface area contributed by atoms with Crippen molar-refractivity contribution in [3.8, 4) is 18.2 Å². The van der Waals surface area contributed by atoms with Crippen molar-refractivity contribution in [1.82, 2.24) is 9.88 Å². The molecule has 29 heavy (non-hydrogen) atoms. The smallest absolute Gasteiger partial charge is 0.191 e. The molecule has 0 spiro atoms. The van der Waals surface area contributed by atoms with Gasteiger partial charge in [0.05, 0.1) is 23.4 Å². The second kappa shape index (κ2) is 9.85. The zero-order chi connectivity index (χ0) is 21.4. The average Bonchev–Trinajstić information content (AvgIpc) is 2.74. The summed E-state index contributed by atoms with van der Waals surface area (Å²) >= 11 is 0. The Morgan fingerprint density at radius 2 is 2.00 bits per heavy atom. The van der Waals surface area contributed by atoms with E-state index in [0.29, 0.717) is 6.54 Å². The molecular formula is C22H26N6O. The van der Waals surface area contributed by atoms with Gasteiger partial charge in [-0.25, -0.2) is 0 Å². The Hall–Kier alpha value is -3.18. The van der Waals surface area contributed by atoms with Crippen molar-refractivity contribution >= 4 is 0 Å². The monoisotopic (exact) mass is 390 g/mol. The van der Waals surface area contributed by atoms with Crippen LogP contribution in [0.4, 0.5) is 0 Å². The van der Waals surface area contributed by atoms with E-state index in [2.05, 4.69) is 35.0 Å². The predicted molar refractivity (Wildman–Crippen MR) is 109 cm³/mol. The highest BCUT2D eigenvalue weighted by molar-refractivity contribution is 5.59. The van der Waals surface area contributed by atoms with E-state index >= 15 is 0 Å². The van der Waals surface area contributed by atoms with Gasteiger partial charge in [-0.2, -0.15) is 15.8 Å². The van der Waals surface area contributed by atoms with E-state index in [1.54, 1.807) is 25.4 Å². The first kappa shape index (κ1) is 22.1. The number of aromatic nitrogens is 1. The first-order chi connectivity index (χ1) is 14.0. The molecule has 7 heteroatoms. The molecule has 2 unspecified atom stereocenters. The Bertz CT molecular complexity index is 886. The number of hydrogen-bond acceptors (Lipinski definition) is 7. The van der Waals surface area contributed by atoms with Crippen LogP contribution in [-0.2, 0) is 0 Å². The highest BCUT2D eigenvalue weighted by atomic mass is 16.2. The third-order valence-corrected chi connectivity index (χ3v) is 5.32. The molecular weight excluding hydrogens is 364 g/mol. The van der Waals surface area contributed by atoms with Crippen LogP contribution in [0.1, 0.15) is 31.7 Å². The fraction of sp³-hybridized carbons (Fsp3) is 0.455. The molecule has 1 aliphatic carbocycles. The first-order valence-electron chi connectivity index (χ1n) is 9.70. The Morgan fingerprint density at radius 1 is 1.31 bits per heavy atom. The molecule has 0 amide bonds. The molecule has 2 atom stereocenters. The molecule has 3 N–H and O–H groups in total. The Kier molecular flexibility index (Phi) is 7.51. The van der Waals surface area contributed by atoms with Crippen molar-refractivity contribution in [3.05, 3.63) is 53.0 Å². The standard InChI is InChI=1S/C20H20N6.C2H6O/c1-2-7-26-8-5-15-16(9-21)19(24)20(12-22,13-23)18(17(15)11-26)14-4-3-6-25-10-14;1-2-3/h3-6,10,17-18H,2,7-8,11,24H2,1H3;3H,2H2,1H3. The summed E-state index contributed by atoms with van der Waals surface area (Å²) in [4.78, 5) is 6.46. The van der Waals surface area contributed by atoms with Crippen LogP contribution in [0.3, 0.4) is 0 Å². The number of nitriles is 3. The SMILES string of the molecule is CCCN1CC=C2C(C#N)=C(N)C(C#N)(C#N)C(c3cccnc3)C2C1.CCO. The van der Waals surface area contributed by atoms with Crippen molar-refractivity contribution in [3.63, 3.8) is 0 Å². The number of hydrogen-bond donors (Lipinski definition) is 2. The number of nitrogens with two attached hydrogens (primary N) is 1. The number of rotatable bonds is 3. The molecule has 0 aromatic carbocycles. The van der Waals surface area contributed by atoms with E-state index in [1.165, 1.54) is 0 Å². The minimum absolute atomic E-state index is 0.0605. The lowest BCUT2D eigenvalue weighted by Crippen LogP contribution is -2.48. The van der Waals surface area contributed by atoms with E-state index in [4.69, 9.17) is 10.8 Å². The van der Waals surface area contributed by atoms with Gasteiger partial charge in [-0.1, -0.05) is 19.1 Å². The van der Waals surface area contributed by atoms with Crippen molar-refractivity contribution in [2.75, 3.05) is 26.2 Å². The minimum atomic E-state index is -1.58. The molecule has 0 radical (unpaired) electrons. The van der Waals surface area contributed by atoms with Gasteiger partial charge in [0.25, 0.3) is 0 Å². The molecule has 0 saturated heterocycles. The van der Waals surface area contributed by atoms with Crippen molar-refractivity contribution in [2.24, 2.45) is 17.1 Å². The van der Waals surface area contributed by atoms with Gasteiger partial charge in [0.1, 0.15) is 6.07 Å². The van der Waals surface area contributed by atoms with Gasteiger partial charge in [0.15, 0.2) is 5.41 Å². The zero-order valence-corrected chi connectivity index (χ0v) is 16.8. The third-order valence-electron chi connectivity index (χ3n) is 5.32. The summed E-state index contributed by atoms with van der Waals surface area (Å²) in [5.74, 6) is -0.616. The van der Waals surface area contributed by atoms with Gasteiger partial charge in [-0.15, -0.1) is 0 Å². The van der Waals surface area contributed by atoms with Gasteiger partial charge >= 0.3 is 0 Å². The number of nitrogens with zero attached hydrogens (tertiary/aromatic N) is 5. The maximum atomic E-state index is 9.97. The summed E-state index contributed by atoms with van der Waals surface area (Å²) < 4.78 is 0. The summed E-state index contributed by atoms with van der Waals surface area (Å²) in [7, 11) is 0. The normalized spacial score (nSPS) is 22.7. The van der Waals surface area contributed by atoms with Gasteiger partial charge in [0.2, 0.25) is 0 Å². The maximum absolute atomic E-state index is 9.97. The van der Waals surface area contributed by atoms with Crippen LogP contribution in [0.5, 0.6) is 0 Å². The molecule has 3 rings (SSSR count). The predicted octanol–water partition coefficient (Wildman–Crippen LogP) is 2.22. The van der Waals surface area contributed by atoms with E-state index in [9.17, 15) is 15.8 Å². The summed E-state index contributed by atoms with van der Waals surface area (Å²) in [5.41, 5.74) is 6.67. The topological polar surface area (TPSA) is 134 Å². The summed E-state index contributed by atoms with van der Waals surface area (Å²) in [5, 5.41) is 37.2. The summed E-state index contributed by atoms with van der Waals surface area (Å²) in [6, 6.07) is 10.1. The maximum Gasteiger partial charge on any atom is 0.191 e. The number of fused-ring (bicyclic) bond motifs is 1. The third kappa shape index (κ3) is 4.00. The highest BCUT2D eigenvalue weighted by Crippen LogP contribution is 2.53. The van der Waals surface area contributed by atoms with Crippen LogP contribution in [0.15, 0.2) is 47.4 Å². The lowest BCUT2D eigenvalue weighted by atomic mass is 9.58. The molecule has 7 nitrogen and oxygen atoms in total. The van der Waals surface area contributed by atoms with Crippen molar-refractivity contribution in [1.29, 1.82) is 15.8 Å². The Morgan fingerprint density at radius 3 is 2.52 bits per heavy atom. The van der Waals surface area contributed by atoms with Crippen LogP contribution < -0.4 is 5.73 Å². The fourth-order valence-electron chi connectivity index (χ4n) is 4.17. The molecule has 1 aliphatic heterocycles. The largest absolute Gasteiger partial charge is 0.399 e. The van der Waals surface area contributed by atoms with Gasteiger partial charge in [0, 0.05) is 43.9 Å². The van der Waals surface area contributed by atoms with Gasteiger partial charge in [-0.3, -0.25) is 9.88 Å². The van der Waals surface area contributed by atoms with E-state index in [0.717, 1.165) is 30.6 Å². The number of aliphatic hydroxyl groups is 1. The second-order valence-electron chi connectivity index (χ2n) is 7.04.